The SMILES string of the molecule is O=C=Nc1nc2n(n1)CCCO2. The molecule has 0 saturated heterocycles. The molecule has 6 nitrogen and oxygen atoms in total. The normalized spacial score (nSPS) is 14.3. The Balaban J connectivity index is 2.37. The zero-order valence-electron chi connectivity index (χ0n) is 6.23. The van der Waals surface area contributed by atoms with Crippen LogP contribution in [0.2, 0.25) is 0 Å². The van der Waals surface area contributed by atoms with Crippen LogP contribution < -0.4 is 4.74 Å². The molecule has 0 radical (unpaired) electrons. The van der Waals surface area contributed by atoms with Gasteiger partial charge in [0.15, 0.2) is 0 Å². The molecular formula is C6H6N4O2. The van der Waals surface area contributed by atoms with E-state index >= 15 is 0 Å². The Hall–Kier alpha value is -1.68. The van der Waals surface area contributed by atoms with Crippen molar-refractivity contribution < 1.29 is 9.53 Å². The van der Waals surface area contributed by atoms with Crippen molar-refractivity contribution in [2.45, 2.75) is 13.0 Å². The van der Waals surface area contributed by atoms with Gasteiger partial charge in [-0.25, -0.2) is 9.48 Å². The van der Waals surface area contributed by atoms with Crippen LogP contribution in [-0.4, -0.2) is 27.5 Å². The molecule has 1 aliphatic rings. The molecule has 62 valence electrons. The number of rotatable bonds is 1. The van der Waals surface area contributed by atoms with Crippen molar-refractivity contribution in [2.75, 3.05) is 6.61 Å². The first kappa shape index (κ1) is 7.00. The summed E-state index contributed by atoms with van der Waals surface area (Å²) in [5, 5.41) is 3.89. The number of fused-ring (bicyclic) bond motifs is 1. The number of aryl methyl sites for hydroxylation is 1. The first-order valence-electron chi connectivity index (χ1n) is 3.55. The lowest BCUT2D eigenvalue weighted by Gasteiger charge is -2.11. The number of nitrogens with zero attached hydrogens (tertiary/aromatic N) is 4. The molecule has 0 N–H and O–H groups in total. The quantitative estimate of drug-likeness (QED) is 0.436. The highest BCUT2D eigenvalue weighted by Crippen LogP contribution is 2.17. The third-order valence-corrected chi connectivity index (χ3v) is 1.52. The second kappa shape index (κ2) is 2.75. The molecule has 0 aliphatic carbocycles. The van der Waals surface area contributed by atoms with E-state index in [-0.39, 0.29) is 5.95 Å². The summed E-state index contributed by atoms with van der Waals surface area (Å²) in [7, 11) is 0. The third-order valence-electron chi connectivity index (χ3n) is 1.52. The summed E-state index contributed by atoms with van der Waals surface area (Å²) < 4.78 is 6.73. The van der Waals surface area contributed by atoms with Crippen molar-refractivity contribution in [3.8, 4) is 6.01 Å². The number of aliphatic imine (C=N–C) groups is 1. The monoisotopic (exact) mass is 166 g/mol. The highest BCUT2D eigenvalue weighted by molar-refractivity contribution is 5.40. The summed E-state index contributed by atoms with van der Waals surface area (Å²) in [6.45, 7) is 1.40. The van der Waals surface area contributed by atoms with Crippen LogP contribution in [0, 0.1) is 0 Å². The van der Waals surface area contributed by atoms with Gasteiger partial charge >= 0.3 is 6.01 Å². The van der Waals surface area contributed by atoms with Gasteiger partial charge in [-0.2, -0.15) is 4.98 Å². The van der Waals surface area contributed by atoms with Crippen LogP contribution in [0.4, 0.5) is 5.95 Å². The van der Waals surface area contributed by atoms with E-state index in [1.54, 1.807) is 4.68 Å². The van der Waals surface area contributed by atoms with Crippen LogP contribution in [-0.2, 0) is 11.3 Å². The maximum absolute atomic E-state index is 9.87. The number of carbonyl (C=O) groups excluding carboxylic acids is 1. The largest absolute Gasteiger partial charge is 0.464 e. The summed E-state index contributed by atoms with van der Waals surface area (Å²) >= 11 is 0. The van der Waals surface area contributed by atoms with Crippen LogP contribution in [0.3, 0.4) is 0 Å². The van der Waals surface area contributed by atoms with E-state index in [9.17, 15) is 4.79 Å². The van der Waals surface area contributed by atoms with Gasteiger partial charge in [-0.15, -0.1) is 10.1 Å². The second-order valence-electron chi connectivity index (χ2n) is 2.32. The average Bonchev–Trinajstić information content (AvgIpc) is 2.47. The smallest absolute Gasteiger partial charge is 0.316 e. The molecule has 6 heteroatoms. The van der Waals surface area contributed by atoms with Crippen LogP contribution in [0.25, 0.3) is 0 Å². The first-order chi connectivity index (χ1) is 5.90. The van der Waals surface area contributed by atoms with Gasteiger partial charge in [-0.1, -0.05) is 0 Å². The molecule has 2 heterocycles. The van der Waals surface area contributed by atoms with Gasteiger partial charge in [-0.05, 0) is 0 Å². The topological polar surface area (TPSA) is 69.4 Å². The van der Waals surface area contributed by atoms with Crippen LogP contribution in [0.15, 0.2) is 4.99 Å². The summed E-state index contributed by atoms with van der Waals surface area (Å²) in [4.78, 5) is 17.0. The molecular weight excluding hydrogens is 160 g/mol. The molecule has 0 spiro atoms. The minimum absolute atomic E-state index is 0.113. The molecule has 0 bridgehead atoms. The molecule has 12 heavy (non-hydrogen) atoms. The zero-order chi connectivity index (χ0) is 8.39. The summed E-state index contributed by atoms with van der Waals surface area (Å²) in [5.74, 6) is 0.113. The van der Waals surface area contributed by atoms with E-state index < -0.39 is 0 Å². The van der Waals surface area contributed by atoms with Gasteiger partial charge in [-0.3, -0.25) is 0 Å². The van der Waals surface area contributed by atoms with Crippen molar-refractivity contribution in [1.82, 2.24) is 14.8 Å². The number of hydrogen-bond acceptors (Lipinski definition) is 5. The van der Waals surface area contributed by atoms with E-state index in [2.05, 4.69) is 15.1 Å². The summed E-state index contributed by atoms with van der Waals surface area (Å²) in [5.41, 5.74) is 0. The molecule has 0 atom stereocenters. The van der Waals surface area contributed by atoms with Crippen molar-refractivity contribution >= 4 is 12.0 Å². The van der Waals surface area contributed by atoms with E-state index in [1.807, 2.05) is 0 Å². The predicted molar refractivity (Wildman–Crippen MR) is 37.9 cm³/mol. The van der Waals surface area contributed by atoms with Gasteiger partial charge in [0.05, 0.1) is 6.61 Å². The lowest BCUT2D eigenvalue weighted by atomic mass is 10.4. The Morgan fingerprint density at radius 1 is 1.67 bits per heavy atom. The second-order valence-corrected chi connectivity index (χ2v) is 2.32. The fourth-order valence-electron chi connectivity index (χ4n) is 1.03. The van der Waals surface area contributed by atoms with E-state index in [0.29, 0.717) is 12.6 Å². The van der Waals surface area contributed by atoms with Crippen LogP contribution >= 0.6 is 0 Å². The standard InChI is InChI=1S/C6H6N4O2/c11-4-7-5-8-6-10(9-5)2-1-3-12-6/h1-3H2. The number of ether oxygens (including phenoxy) is 1. The van der Waals surface area contributed by atoms with Gasteiger partial charge in [0.2, 0.25) is 6.08 Å². The fourth-order valence-corrected chi connectivity index (χ4v) is 1.03. The molecule has 1 aromatic rings. The van der Waals surface area contributed by atoms with Crippen LogP contribution in [0.1, 0.15) is 6.42 Å². The molecule has 0 amide bonds. The summed E-state index contributed by atoms with van der Waals surface area (Å²) in [6.07, 6.45) is 2.28. The van der Waals surface area contributed by atoms with Crippen LogP contribution in [0.5, 0.6) is 6.01 Å². The minimum Gasteiger partial charge on any atom is -0.464 e. The number of isocyanates is 1. The Morgan fingerprint density at radius 3 is 3.33 bits per heavy atom. The Labute approximate surface area is 67.9 Å². The minimum atomic E-state index is 0.113. The van der Waals surface area contributed by atoms with Crippen molar-refractivity contribution in [3.63, 3.8) is 0 Å². The average molecular weight is 166 g/mol. The first-order valence-corrected chi connectivity index (χ1v) is 3.55. The van der Waals surface area contributed by atoms with E-state index in [1.165, 1.54) is 6.08 Å². The number of hydrogen-bond donors (Lipinski definition) is 0. The lowest BCUT2D eigenvalue weighted by Crippen LogP contribution is -2.14. The molecule has 0 fully saturated rings. The van der Waals surface area contributed by atoms with Gasteiger partial charge in [0, 0.05) is 13.0 Å². The van der Waals surface area contributed by atoms with Crippen molar-refractivity contribution in [2.24, 2.45) is 4.99 Å². The van der Waals surface area contributed by atoms with Gasteiger partial charge < -0.3 is 4.74 Å². The van der Waals surface area contributed by atoms with E-state index in [4.69, 9.17) is 4.74 Å². The zero-order valence-corrected chi connectivity index (χ0v) is 6.23. The Morgan fingerprint density at radius 2 is 2.58 bits per heavy atom. The highest BCUT2D eigenvalue weighted by Gasteiger charge is 2.14. The van der Waals surface area contributed by atoms with E-state index in [0.717, 1.165) is 13.0 Å². The highest BCUT2D eigenvalue weighted by atomic mass is 16.5. The maximum atomic E-state index is 9.87. The molecule has 1 aliphatic heterocycles. The Kier molecular flexibility index (Phi) is 1.60. The van der Waals surface area contributed by atoms with Gasteiger partial charge in [0.25, 0.3) is 5.95 Å². The summed E-state index contributed by atoms with van der Waals surface area (Å²) in [6, 6.07) is 0.426. The fraction of sp³-hybridized carbons (Fsp3) is 0.500. The van der Waals surface area contributed by atoms with Crippen molar-refractivity contribution in [3.05, 3.63) is 0 Å². The lowest BCUT2D eigenvalue weighted by molar-refractivity contribution is 0.221. The van der Waals surface area contributed by atoms with Gasteiger partial charge in [0.1, 0.15) is 0 Å². The van der Waals surface area contributed by atoms with Crippen molar-refractivity contribution in [1.29, 1.82) is 0 Å². The maximum Gasteiger partial charge on any atom is 0.316 e. The predicted octanol–water partition coefficient (Wildman–Crippen LogP) is 0.0279. The third kappa shape index (κ3) is 1.08. The number of aromatic nitrogens is 3. The molecule has 1 aromatic heterocycles. The molecule has 0 saturated carbocycles. The molecule has 0 unspecified atom stereocenters. The Bertz CT molecular complexity index is 316. The molecule has 0 aromatic carbocycles. The molecule has 2 rings (SSSR count).